The van der Waals surface area contributed by atoms with Crippen molar-refractivity contribution in [1.82, 2.24) is 9.78 Å². The van der Waals surface area contributed by atoms with Gasteiger partial charge in [-0.1, -0.05) is 19.8 Å². The Morgan fingerprint density at radius 3 is 2.78 bits per heavy atom. The highest BCUT2D eigenvalue weighted by Gasteiger charge is 2.23. The van der Waals surface area contributed by atoms with Gasteiger partial charge in [-0.2, -0.15) is 5.10 Å². The zero-order valence-electron chi connectivity index (χ0n) is 11.5. The molecule has 1 aromatic heterocycles. The van der Waals surface area contributed by atoms with Gasteiger partial charge in [-0.15, -0.1) is 0 Å². The molecule has 1 saturated carbocycles. The summed E-state index contributed by atoms with van der Waals surface area (Å²) >= 11 is 0. The second-order valence-electron chi connectivity index (χ2n) is 5.42. The molecule has 1 aliphatic rings. The summed E-state index contributed by atoms with van der Waals surface area (Å²) in [5.41, 5.74) is 7.28. The maximum Gasteiger partial charge on any atom is 0.101 e. The third-order valence-corrected chi connectivity index (χ3v) is 3.90. The molecule has 2 N–H and O–H groups in total. The van der Waals surface area contributed by atoms with E-state index in [9.17, 15) is 0 Å². The molecule has 0 bridgehead atoms. The Hall–Kier alpha value is -0.870. The standard InChI is InChI=1S/C14H25N3O/c1-3-13(15)14(12-8-16-17(2)9-12)18-10-11-6-4-5-7-11/h8-9,11,13-14H,3-7,10,15H2,1-2H3. The van der Waals surface area contributed by atoms with E-state index in [1.807, 2.05) is 24.1 Å². The van der Waals surface area contributed by atoms with Gasteiger partial charge >= 0.3 is 0 Å². The van der Waals surface area contributed by atoms with E-state index in [-0.39, 0.29) is 12.1 Å². The number of ether oxygens (including phenoxy) is 1. The normalized spacial score (nSPS) is 20.2. The van der Waals surface area contributed by atoms with E-state index in [1.54, 1.807) is 0 Å². The number of hydrogen-bond acceptors (Lipinski definition) is 3. The fourth-order valence-corrected chi connectivity index (χ4v) is 2.68. The Morgan fingerprint density at radius 1 is 1.50 bits per heavy atom. The quantitative estimate of drug-likeness (QED) is 0.844. The summed E-state index contributed by atoms with van der Waals surface area (Å²) in [4.78, 5) is 0. The monoisotopic (exact) mass is 251 g/mol. The van der Waals surface area contributed by atoms with Crippen LogP contribution in [0.15, 0.2) is 12.4 Å². The van der Waals surface area contributed by atoms with Gasteiger partial charge < -0.3 is 10.5 Å². The van der Waals surface area contributed by atoms with Gasteiger partial charge in [0.05, 0.1) is 12.8 Å². The highest BCUT2D eigenvalue weighted by atomic mass is 16.5. The van der Waals surface area contributed by atoms with Crippen molar-refractivity contribution >= 4 is 0 Å². The fraction of sp³-hybridized carbons (Fsp3) is 0.786. The first-order valence-electron chi connectivity index (χ1n) is 7.06. The zero-order valence-corrected chi connectivity index (χ0v) is 11.5. The summed E-state index contributed by atoms with van der Waals surface area (Å²) in [5, 5.41) is 4.22. The number of nitrogens with two attached hydrogens (primary N) is 1. The third-order valence-electron chi connectivity index (χ3n) is 3.90. The number of hydrogen-bond donors (Lipinski definition) is 1. The molecule has 4 heteroatoms. The Morgan fingerprint density at radius 2 is 2.22 bits per heavy atom. The minimum atomic E-state index is -0.00991. The molecule has 2 atom stereocenters. The first kappa shape index (κ1) is 13.6. The lowest BCUT2D eigenvalue weighted by Crippen LogP contribution is -2.30. The summed E-state index contributed by atoms with van der Waals surface area (Å²) in [7, 11) is 1.93. The molecule has 1 heterocycles. The lowest BCUT2D eigenvalue weighted by molar-refractivity contribution is 0.0126. The lowest BCUT2D eigenvalue weighted by atomic mass is 10.0. The van der Waals surface area contributed by atoms with Gasteiger partial charge in [0, 0.05) is 24.8 Å². The predicted molar refractivity (Wildman–Crippen MR) is 72.1 cm³/mol. The van der Waals surface area contributed by atoms with Crippen LogP contribution in [0, 0.1) is 5.92 Å². The molecule has 2 rings (SSSR count). The van der Waals surface area contributed by atoms with Crippen LogP contribution in [0.1, 0.15) is 50.7 Å². The van der Waals surface area contributed by atoms with Gasteiger partial charge in [0.15, 0.2) is 0 Å². The van der Waals surface area contributed by atoms with E-state index in [0.717, 1.165) is 24.5 Å². The third kappa shape index (κ3) is 3.33. The molecule has 18 heavy (non-hydrogen) atoms. The molecule has 0 amide bonds. The van der Waals surface area contributed by atoms with Crippen LogP contribution in [0.25, 0.3) is 0 Å². The van der Waals surface area contributed by atoms with Crippen molar-refractivity contribution in [3.8, 4) is 0 Å². The van der Waals surface area contributed by atoms with Crippen LogP contribution in [0.5, 0.6) is 0 Å². The molecule has 1 aromatic rings. The summed E-state index contributed by atoms with van der Waals surface area (Å²) in [5.74, 6) is 0.730. The highest BCUT2D eigenvalue weighted by Crippen LogP contribution is 2.28. The summed E-state index contributed by atoms with van der Waals surface area (Å²) in [6, 6.07) is 0.0515. The molecule has 0 aromatic carbocycles. The van der Waals surface area contributed by atoms with Gasteiger partial charge in [-0.05, 0) is 25.2 Å². The Bertz CT molecular complexity index is 358. The van der Waals surface area contributed by atoms with Crippen LogP contribution in [0.2, 0.25) is 0 Å². The van der Waals surface area contributed by atoms with Gasteiger partial charge in [0.1, 0.15) is 6.10 Å². The smallest absolute Gasteiger partial charge is 0.101 e. The summed E-state index contributed by atoms with van der Waals surface area (Å²) in [6.07, 6.45) is 10.1. The van der Waals surface area contributed by atoms with Gasteiger partial charge in [0.2, 0.25) is 0 Å². The van der Waals surface area contributed by atoms with Crippen LogP contribution in [-0.2, 0) is 11.8 Å². The number of aromatic nitrogens is 2. The number of nitrogens with zero attached hydrogens (tertiary/aromatic N) is 2. The minimum absolute atomic E-state index is 0.00991. The van der Waals surface area contributed by atoms with Crippen molar-refractivity contribution in [1.29, 1.82) is 0 Å². The van der Waals surface area contributed by atoms with Crippen molar-refractivity contribution in [3.05, 3.63) is 18.0 Å². The molecule has 1 fully saturated rings. The number of aryl methyl sites for hydroxylation is 1. The average Bonchev–Trinajstić information content (AvgIpc) is 3.01. The molecular formula is C14H25N3O. The molecule has 0 aliphatic heterocycles. The van der Waals surface area contributed by atoms with Crippen molar-refractivity contribution in [2.45, 2.75) is 51.2 Å². The first-order valence-corrected chi connectivity index (χ1v) is 7.06. The van der Waals surface area contributed by atoms with E-state index < -0.39 is 0 Å². The van der Waals surface area contributed by atoms with Gasteiger partial charge in [0.25, 0.3) is 0 Å². The molecule has 0 saturated heterocycles. The predicted octanol–water partition coefficient (Wildman–Crippen LogP) is 2.41. The van der Waals surface area contributed by atoms with Gasteiger partial charge in [-0.3, -0.25) is 4.68 Å². The molecule has 1 aliphatic carbocycles. The maximum atomic E-state index is 6.18. The summed E-state index contributed by atoms with van der Waals surface area (Å²) < 4.78 is 7.91. The topological polar surface area (TPSA) is 53.1 Å². The van der Waals surface area contributed by atoms with E-state index in [0.29, 0.717) is 0 Å². The Kier molecular flexibility index (Phi) is 4.78. The molecule has 102 valence electrons. The Balaban J connectivity index is 1.96. The zero-order chi connectivity index (χ0) is 13.0. The van der Waals surface area contributed by atoms with E-state index in [2.05, 4.69) is 12.0 Å². The van der Waals surface area contributed by atoms with Crippen molar-refractivity contribution in [2.24, 2.45) is 18.7 Å². The summed E-state index contributed by atoms with van der Waals surface area (Å²) in [6.45, 7) is 2.94. The van der Waals surface area contributed by atoms with E-state index >= 15 is 0 Å². The van der Waals surface area contributed by atoms with E-state index in [1.165, 1.54) is 25.7 Å². The Labute approximate surface area is 110 Å². The molecule has 0 spiro atoms. The van der Waals surface area contributed by atoms with Crippen LogP contribution < -0.4 is 5.73 Å². The van der Waals surface area contributed by atoms with Crippen molar-refractivity contribution in [2.75, 3.05) is 6.61 Å². The van der Waals surface area contributed by atoms with Crippen LogP contribution >= 0.6 is 0 Å². The minimum Gasteiger partial charge on any atom is -0.371 e. The SMILES string of the molecule is CCC(N)C(OCC1CCCC1)c1cnn(C)c1. The molecule has 2 unspecified atom stereocenters. The highest BCUT2D eigenvalue weighted by molar-refractivity contribution is 5.10. The van der Waals surface area contributed by atoms with E-state index in [4.69, 9.17) is 10.5 Å². The molecular weight excluding hydrogens is 226 g/mol. The average molecular weight is 251 g/mol. The van der Waals surface area contributed by atoms with Crippen LogP contribution in [0.3, 0.4) is 0 Å². The molecule has 0 radical (unpaired) electrons. The largest absolute Gasteiger partial charge is 0.371 e. The second-order valence-corrected chi connectivity index (χ2v) is 5.42. The van der Waals surface area contributed by atoms with Crippen LogP contribution in [-0.4, -0.2) is 22.4 Å². The molecule has 4 nitrogen and oxygen atoms in total. The van der Waals surface area contributed by atoms with Crippen molar-refractivity contribution in [3.63, 3.8) is 0 Å². The first-order chi connectivity index (χ1) is 8.70. The van der Waals surface area contributed by atoms with Gasteiger partial charge in [-0.25, -0.2) is 0 Å². The lowest BCUT2D eigenvalue weighted by Gasteiger charge is -2.24. The maximum absolute atomic E-state index is 6.18. The fourth-order valence-electron chi connectivity index (χ4n) is 2.68. The number of rotatable bonds is 6. The van der Waals surface area contributed by atoms with Crippen molar-refractivity contribution < 1.29 is 4.74 Å². The van der Waals surface area contributed by atoms with Crippen LogP contribution in [0.4, 0.5) is 0 Å². The second kappa shape index (κ2) is 6.34.